The zero-order valence-corrected chi connectivity index (χ0v) is 13.4. The van der Waals surface area contributed by atoms with Crippen LogP contribution in [0.4, 0.5) is 9.41 Å². The van der Waals surface area contributed by atoms with Gasteiger partial charge in [0.15, 0.2) is 0 Å². The fourth-order valence-corrected chi connectivity index (χ4v) is 4.19. The van der Waals surface area contributed by atoms with Crippen LogP contribution in [0.15, 0.2) is 84.9 Å². The minimum Gasteiger partial charge on any atom is -0.269 e. The number of rotatable bonds is 2. The van der Waals surface area contributed by atoms with E-state index in [9.17, 15) is 0 Å². The van der Waals surface area contributed by atoms with E-state index >= 15 is 0 Å². The van der Waals surface area contributed by atoms with Gasteiger partial charge in [0.2, 0.25) is 0 Å². The van der Waals surface area contributed by atoms with Gasteiger partial charge in [-0.2, -0.15) is 0 Å². The highest BCUT2D eigenvalue weighted by atomic mass is 28.2. The lowest BCUT2D eigenvalue weighted by Crippen LogP contribution is -2.28. The smallest absolute Gasteiger partial charge is 0.123 e. The Bertz CT molecular complexity index is 847. The molecule has 0 amide bonds. The van der Waals surface area contributed by atoms with E-state index < -0.39 is 0 Å². The molecule has 0 nitrogen and oxygen atoms in total. The Morgan fingerprint density at radius 3 is 1.30 bits per heavy atom. The van der Waals surface area contributed by atoms with E-state index in [1.807, 2.05) is 0 Å². The molecule has 0 spiro atoms. The maximum Gasteiger partial charge on any atom is 0.123 e. The number of hydrogen-bond acceptors (Lipinski definition) is 0. The van der Waals surface area contributed by atoms with E-state index in [1.54, 1.807) is 0 Å². The molecule has 4 aromatic carbocycles. The van der Waals surface area contributed by atoms with Crippen molar-refractivity contribution in [1.29, 1.82) is 0 Å². The van der Waals surface area contributed by atoms with Gasteiger partial charge in [0.1, 0.15) is 9.52 Å². The molecule has 2 radical (unpaired) electrons. The molecular formula is C20H16F2Si. The van der Waals surface area contributed by atoms with Crippen molar-refractivity contribution in [2.24, 2.45) is 0 Å². The topological polar surface area (TPSA) is 0 Å². The second-order valence-corrected chi connectivity index (χ2v) is 6.51. The maximum atomic E-state index is 2.25. The van der Waals surface area contributed by atoms with Crippen LogP contribution in [0.5, 0.6) is 0 Å². The summed E-state index contributed by atoms with van der Waals surface area (Å²) in [4.78, 5) is 0. The van der Waals surface area contributed by atoms with Crippen LogP contribution in [0.1, 0.15) is 0 Å². The first kappa shape index (κ1) is 16.8. The van der Waals surface area contributed by atoms with Gasteiger partial charge in [0.05, 0.1) is 0 Å². The SMILES string of the molecule is F.F.c1ccc2c([Si]c3cccc4ccccc34)cccc2c1. The highest BCUT2D eigenvalue weighted by Crippen LogP contribution is 2.12. The fraction of sp³-hybridized carbons (Fsp3) is 0. The molecule has 0 bridgehead atoms. The minimum absolute atomic E-state index is 0. The largest absolute Gasteiger partial charge is 0.269 e. The third-order valence-corrected chi connectivity index (χ3v) is 5.26. The van der Waals surface area contributed by atoms with Crippen molar-refractivity contribution in [3.63, 3.8) is 0 Å². The van der Waals surface area contributed by atoms with Gasteiger partial charge in [0, 0.05) is 0 Å². The van der Waals surface area contributed by atoms with Gasteiger partial charge in [-0.3, -0.25) is 9.41 Å². The third-order valence-electron chi connectivity index (χ3n) is 3.85. The van der Waals surface area contributed by atoms with Crippen LogP contribution in [-0.2, 0) is 0 Å². The van der Waals surface area contributed by atoms with Gasteiger partial charge in [0.25, 0.3) is 0 Å². The number of benzene rings is 4. The predicted molar refractivity (Wildman–Crippen MR) is 97.9 cm³/mol. The monoisotopic (exact) mass is 322 g/mol. The molecule has 0 unspecified atom stereocenters. The molecule has 0 aliphatic heterocycles. The van der Waals surface area contributed by atoms with Crippen molar-refractivity contribution >= 4 is 41.4 Å². The van der Waals surface area contributed by atoms with E-state index in [4.69, 9.17) is 0 Å². The quantitative estimate of drug-likeness (QED) is 0.490. The van der Waals surface area contributed by atoms with E-state index in [1.165, 1.54) is 31.9 Å². The normalized spacial score (nSPS) is 10.1. The summed E-state index contributed by atoms with van der Waals surface area (Å²) in [6.45, 7) is 0. The predicted octanol–water partition coefficient (Wildman–Crippen LogP) is 3.95. The lowest BCUT2D eigenvalue weighted by atomic mass is 10.1. The molecule has 0 aliphatic rings. The zero-order valence-electron chi connectivity index (χ0n) is 12.4. The van der Waals surface area contributed by atoms with E-state index in [2.05, 4.69) is 84.9 Å². The maximum absolute atomic E-state index is 2.25. The Morgan fingerprint density at radius 1 is 0.435 bits per heavy atom. The lowest BCUT2D eigenvalue weighted by molar-refractivity contribution is 1.11. The van der Waals surface area contributed by atoms with Crippen molar-refractivity contribution in [1.82, 2.24) is 0 Å². The van der Waals surface area contributed by atoms with Crippen LogP contribution in [-0.4, -0.2) is 9.52 Å². The van der Waals surface area contributed by atoms with Gasteiger partial charge >= 0.3 is 0 Å². The van der Waals surface area contributed by atoms with E-state index in [0.717, 1.165) is 0 Å². The highest BCUT2D eigenvalue weighted by Gasteiger charge is 2.06. The van der Waals surface area contributed by atoms with Gasteiger partial charge in [-0.15, -0.1) is 0 Å². The molecular weight excluding hydrogens is 306 g/mol. The van der Waals surface area contributed by atoms with Crippen LogP contribution < -0.4 is 10.4 Å². The van der Waals surface area contributed by atoms with Crippen LogP contribution in [0.3, 0.4) is 0 Å². The van der Waals surface area contributed by atoms with Crippen molar-refractivity contribution in [2.45, 2.75) is 0 Å². The first-order valence-electron chi connectivity index (χ1n) is 7.14. The summed E-state index contributed by atoms with van der Waals surface area (Å²) in [6, 6.07) is 30.5. The third kappa shape index (κ3) is 3.15. The van der Waals surface area contributed by atoms with Gasteiger partial charge in [-0.05, 0) is 21.5 Å². The Hall–Kier alpha value is -2.52. The molecule has 0 aliphatic carbocycles. The fourth-order valence-electron chi connectivity index (χ4n) is 2.81. The highest BCUT2D eigenvalue weighted by molar-refractivity contribution is 6.72. The van der Waals surface area contributed by atoms with E-state index in [-0.39, 0.29) is 9.41 Å². The van der Waals surface area contributed by atoms with Crippen LogP contribution >= 0.6 is 0 Å². The molecule has 114 valence electrons. The van der Waals surface area contributed by atoms with Crippen molar-refractivity contribution in [3.05, 3.63) is 84.9 Å². The standard InChI is InChI=1S/C20H14Si.2FH/c1-3-11-17-15(7-1)9-5-13-19(17)21-20-14-6-10-16-8-2-4-12-18(16)20;;/h1-14H;2*1H. The minimum atomic E-state index is 0. The lowest BCUT2D eigenvalue weighted by Gasteiger charge is -2.08. The summed E-state index contributed by atoms with van der Waals surface area (Å²) in [7, 11) is 0.684. The first-order valence-corrected chi connectivity index (χ1v) is 8.14. The van der Waals surface area contributed by atoms with Crippen LogP contribution in [0, 0.1) is 0 Å². The molecule has 4 aromatic rings. The molecule has 0 fully saturated rings. The van der Waals surface area contributed by atoms with Gasteiger partial charge in [-0.1, -0.05) is 95.3 Å². The Balaban J connectivity index is 0.000000960. The second kappa shape index (κ2) is 7.16. The van der Waals surface area contributed by atoms with Crippen molar-refractivity contribution < 1.29 is 9.41 Å². The average molecular weight is 322 g/mol. The number of halogens is 2. The molecule has 0 saturated carbocycles. The Labute approximate surface area is 136 Å². The Kier molecular flexibility index (Phi) is 5.24. The van der Waals surface area contributed by atoms with Crippen molar-refractivity contribution in [3.8, 4) is 0 Å². The summed E-state index contributed by atoms with van der Waals surface area (Å²) in [5.41, 5.74) is 0. The molecule has 0 atom stereocenters. The van der Waals surface area contributed by atoms with Crippen LogP contribution in [0.25, 0.3) is 21.5 Å². The molecule has 23 heavy (non-hydrogen) atoms. The molecule has 0 N–H and O–H groups in total. The number of fused-ring (bicyclic) bond motifs is 2. The summed E-state index contributed by atoms with van der Waals surface area (Å²) < 4.78 is 0. The average Bonchev–Trinajstić information content (AvgIpc) is 2.56. The molecule has 0 heterocycles. The van der Waals surface area contributed by atoms with Crippen molar-refractivity contribution in [2.75, 3.05) is 0 Å². The zero-order chi connectivity index (χ0) is 14.1. The Morgan fingerprint density at radius 2 is 0.826 bits per heavy atom. The second-order valence-electron chi connectivity index (χ2n) is 5.18. The molecule has 4 rings (SSSR count). The van der Waals surface area contributed by atoms with Crippen LogP contribution in [0.2, 0.25) is 0 Å². The summed E-state index contributed by atoms with van der Waals surface area (Å²) >= 11 is 0. The first-order chi connectivity index (χ1) is 10.4. The number of hydrogen-bond donors (Lipinski definition) is 0. The van der Waals surface area contributed by atoms with E-state index in [0.29, 0.717) is 9.52 Å². The summed E-state index contributed by atoms with van der Waals surface area (Å²) in [5, 5.41) is 8.22. The molecule has 0 aromatic heterocycles. The van der Waals surface area contributed by atoms with Gasteiger partial charge < -0.3 is 0 Å². The molecule has 0 saturated heterocycles. The summed E-state index contributed by atoms with van der Waals surface area (Å²) in [6.07, 6.45) is 0. The molecule has 3 heteroatoms. The van der Waals surface area contributed by atoms with Gasteiger partial charge in [-0.25, -0.2) is 0 Å². The summed E-state index contributed by atoms with van der Waals surface area (Å²) in [5.74, 6) is 0.